The molecule has 0 amide bonds. The van der Waals surface area contributed by atoms with E-state index in [1.807, 2.05) is 0 Å². The first-order valence-corrected chi connectivity index (χ1v) is 5.14. The Balaban J connectivity index is 2.14. The molecule has 0 spiro atoms. The molecular formula is C12H14O2. The van der Waals surface area contributed by atoms with Gasteiger partial charge in [0.1, 0.15) is 6.26 Å². The van der Waals surface area contributed by atoms with E-state index in [1.54, 1.807) is 12.3 Å². The van der Waals surface area contributed by atoms with Gasteiger partial charge in [0.25, 0.3) is 0 Å². The quantitative estimate of drug-likeness (QED) is 0.669. The van der Waals surface area contributed by atoms with Crippen LogP contribution in [0.2, 0.25) is 0 Å². The maximum absolute atomic E-state index is 11.9. The van der Waals surface area contributed by atoms with Crippen molar-refractivity contribution in [3.05, 3.63) is 35.8 Å². The van der Waals surface area contributed by atoms with Crippen LogP contribution in [0.1, 0.15) is 42.5 Å². The summed E-state index contributed by atoms with van der Waals surface area (Å²) in [5.74, 6) is 0.139. The first-order chi connectivity index (χ1) is 6.88. The summed E-state index contributed by atoms with van der Waals surface area (Å²) in [4.78, 5) is 11.9. The van der Waals surface area contributed by atoms with E-state index in [2.05, 4.69) is 6.08 Å². The molecule has 0 fully saturated rings. The van der Waals surface area contributed by atoms with E-state index in [1.165, 1.54) is 19.1 Å². The Hall–Kier alpha value is -1.31. The van der Waals surface area contributed by atoms with Crippen LogP contribution in [-0.4, -0.2) is 5.78 Å². The van der Waals surface area contributed by atoms with Crippen LogP contribution < -0.4 is 0 Å². The van der Waals surface area contributed by atoms with Gasteiger partial charge in [-0.1, -0.05) is 12.5 Å². The fourth-order valence-corrected chi connectivity index (χ4v) is 1.80. The van der Waals surface area contributed by atoms with Gasteiger partial charge in [0, 0.05) is 0 Å². The lowest BCUT2D eigenvalue weighted by Gasteiger charge is -2.00. The van der Waals surface area contributed by atoms with Gasteiger partial charge in [-0.05, 0) is 37.3 Å². The summed E-state index contributed by atoms with van der Waals surface area (Å²) in [7, 11) is 0. The monoisotopic (exact) mass is 190 g/mol. The van der Waals surface area contributed by atoms with Crippen molar-refractivity contribution in [1.29, 1.82) is 0 Å². The second-order valence-corrected chi connectivity index (χ2v) is 3.67. The summed E-state index contributed by atoms with van der Waals surface area (Å²) in [6.45, 7) is 0. The van der Waals surface area contributed by atoms with E-state index in [0.29, 0.717) is 5.56 Å². The standard InChI is InChI=1S/C12H14O2/c13-12(11-7-8-14-9-11)10-5-3-1-2-4-6-10/h5,7-9H,1-4,6H2. The zero-order valence-electron chi connectivity index (χ0n) is 8.16. The maximum atomic E-state index is 11.9. The van der Waals surface area contributed by atoms with Crippen molar-refractivity contribution >= 4 is 5.78 Å². The minimum Gasteiger partial charge on any atom is -0.472 e. The molecular weight excluding hydrogens is 176 g/mol. The highest BCUT2D eigenvalue weighted by atomic mass is 16.3. The summed E-state index contributed by atoms with van der Waals surface area (Å²) in [6, 6.07) is 1.73. The third-order valence-electron chi connectivity index (χ3n) is 2.62. The minimum atomic E-state index is 0.139. The fraction of sp³-hybridized carbons (Fsp3) is 0.417. The number of furan rings is 1. The van der Waals surface area contributed by atoms with E-state index in [-0.39, 0.29) is 5.78 Å². The Bertz CT molecular complexity index is 333. The molecule has 1 aromatic rings. The smallest absolute Gasteiger partial charge is 0.191 e. The lowest BCUT2D eigenvalue weighted by atomic mass is 10.0. The van der Waals surface area contributed by atoms with E-state index >= 15 is 0 Å². The van der Waals surface area contributed by atoms with Gasteiger partial charge in [-0.2, -0.15) is 0 Å². The molecule has 74 valence electrons. The van der Waals surface area contributed by atoms with Crippen LogP contribution in [0.15, 0.2) is 34.7 Å². The molecule has 2 nitrogen and oxygen atoms in total. The van der Waals surface area contributed by atoms with Gasteiger partial charge in [0.05, 0.1) is 11.8 Å². The highest BCUT2D eigenvalue weighted by Crippen LogP contribution is 2.20. The second-order valence-electron chi connectivity index (χ2n) is 3.67. The average Bonchev–Trinajstić information content (AvgIpc) is 2.59. The van der Waals surface area contributed by atoms with Crippen molar-refractivity contribution in [2.75, 3.05) is 0 Å². The molecule has 2 heteroatoms. The predicted octanol–water partition coefficient (Wildman–Crippen LogP) is 3.35. The Kier molecular flexibility index (Phi) is 2.82. The molecule has 0 unspecified atom stereocenters. The number of rotatable bonds is 2. The molecule has 0 bridgehead atoms. The lowest BCUT2D eigenvalue weighted by Crippen LogP contribution is -2.01. The maximum Gasteiger partial charge on any atom is 0.191 e. The number of carbonyl (C=O) groups excluding carboxylic acids is 1. The topological polar surface area (TPSA) is 30.2 Å². The number of Topliss-reactive ketones (excluding diaryl/α,β-unsaturated/α-hetero) is 1. The van der Waals surface area contributed by atoms with Crippen LogP contribution in [0, 0.1) is 0 Å². The largest absolute Gasteiger partial charge is 0.472 e. The molecule has 0 N–H and O–H groups in total. The van der Waals surface area contributed by atoms with E-state index in [9.17, 15) is 4.79 Å². The van der Waals surface area contributed by atoms with Crippen molar-refractivity contribution in [3.63, 3.8) is 0 Å². The summed E-state index contributed by atoms with van der Waals surface area (Å²) >= 11 is 0. The van der Waals surface area contributed by atoms with Crippen molar-refractivity contribution in [3.8, 4) is 0 Å². The lowest BCUT2D eigenvalue weighted by molar-refractivity contribution is 0.103. The molecule has 0 aliphatic heterocycles. The molecule has 1 heterocycles. The van der Waals surface area contributed by atoms with Crippen molar-refractivity contribution < 1.29 is 9.21 Å². The van der Waals surface area contributed by atoms with Crippen molar-refractivity contribution in [2.45, 2.75) is 32.1 Å². The first-order valence-electron chi connectivity index (χ1n) is 5.14. The van der Waals surface area contributed by atoms with Gasteiger partial charge < -0.3 is 4.42 Å². The molecule has 2 rings (SSSR count). The third-order valence-corrected chi connectivity index (χ3v) is 2.62. The second kappa shape index (κ2) is 4.27. The average molecular weight is 190 g/mol. The first kappa shape index (κ1) is 9.25. The van der Waals surface area contributed by atoms with Crippen LogP contribution in [0.4, 0.5) is 0 Å². The van der Waals surface area contributed by atoms with Crippen molar-refractivity contribution in [1.82, 2.24) is 0 Å². The molecule has 0 aromatic carbocycles. The number of hydrogen-bond donors (Lipinski definition) is 0. The predicted molar refractivity (Wildman–Crippen MR) is 54.2 cm³/mol. The van der Waals surface area contributed by atoms with Gasteiger partial charge in [-0.3, -0.25) is 4.79 Å². The number of hydrogen-bond acceptors (Lipinski definition) is 2. The zero-order chi connectivity index (χ0) is 9.80. The van der Waals surface area contributed by atoms with Crippen LogP contribution in [0.5, 0.6) is 0 Å². The summed E-state index contributed by atoms with van der Waals surface area (Å²) in [5.41, 5.74) is 1.64. The minimum absolute atomic E-state index is 0.139. The summed E-state index contributed by atoms with van der Waals surface area (Å²) in [5, 5.41) is 0. The molecule has 0 saturated carbocycles. The van der Waals surface area contributed by atoms with Crippen molar-refractivity contribution in [2.24, 2.45) is 0 Å². The van der Waals surface area contributed by atoms with Crippen LogP contribution in [0.25, 0.3) is 0 Å². The summed E-state index contributed by atoms with van der Waals surface area (Å²) < 4.78 is 4.91. The normalized spacial score (nSPS) is 17.3. The van der Waals surface area contributed by atoms with Gasteiger partial charge in [0.2, 0.25) is 0 Å². The van der Waals surface area contributed by atoms with E-state index in [4.69, 9.17) is 4.42 Å². The SMILES string of the molecule is O=C(C1=CCCCCC1)c1ccoc1. The Morgan fingerprint density at radius 3 is 3.00 bits per heavy atom. The molecule has 1 aromatic heterocycles. The molecule has 1 aliphatic carbocycles. The van der Waals surface area contributed by atoms with Gasteiger partial charge in [-0.15, -0.1) is 0 Å². The number of carbonyl (C=O) groups is 1. The van der Waals surface area contributed by atoms with Crippen LogP contribution in [0.3, 0.4) is 0 Å². The zero-order valence-corrected chi connectivity index (χ0v) is 8.16. The van der Waals surface area contributed by atoms with Gasteiger partial charge in [-0.25, -0.2) is 0 Å². The van der Waals surface area contributed by atoms with Gasteiger partial charge in [0.15, 0.2) is 5.78 Å². The fourth-order valence-electron chi connectivity index (χ4n) is 1.80. The van der Waals surface area contributed by atoms with E-state index < -0.39 is 0 Å². The van der Waals surface area contributed by atoms with Crippen LogP contribution >= 0.6 is 0 Å². The molecule has 14 heavy (non-hydrogen) atoms. The Morgan fingerprint density at radius 2 is 2.21 bits per heavy atom. The summed E-state index contributed by atoms with van der Waals surface area (Å²) in [6.07, 6.45) is 10.7. The Labute approximate surface area is 83.6 Å². The molecule has 0 saturated heterocycles. The highest BCUT2D eigenvalue weighted by molar-refractivity contribution is 6.08. The molecule has 0 atom stereocenters. The Morgan fingerprint density at radius 1 is 1.29 bits per heavy atom. The third kappa shape index (κ3) is 1.95. The van der Waals surface area contributed by atoms with Crippen LogP contribution in [-0.2, 0) is 0 Å². The number of ketones is 1. The van der Waals surface area contributed by atoms with Gasteiger partial charge >= 0.3 is 0 Å². The van der Waals surface area contributed by atoms with E-state index in [0.717, 1.165) is 24.8 Å². The molecule has 1 aliphatic rings. The molecule has 0 radical (unpaired) electrons. The highest BCUT2D eigenvalue weighted by Gasteiger charge is 2.14. The number of allylic oxidation sites excluding steroid dienone is 2.